The number of hydrogen-bond donors (Lipinski definition) is 1. The van der Waals surface area contributed by atoms with Gasteiger partial charge >= 0.3 is 0 Å². The van der Waals surface area contributed by atoms with Gasteiger partial charge in [-0.3, -0.25) is 4.90 Å². The van der Waals surface area contributed by atoms with Crippen LogP contribution >= 0.6 is 0 Å². The first-order chi connectivity index (χ1) is 12.3. The maximum atomic E-state index is 6.08. The second-order valence-electron chi connectivity index (χ2n) is 6.39. The molecule has 1 N–H and O–H groups in total. The lowest BCUT2D eigenvalue weighted by Crippen LogP contribution is -2.45. The lowest BCUT2D eigenvalue weighted by molar-refractivity contribution is 0.169. The summed E-state index contributed by atoms with van der Waals surface area (Å²) in [4.78, 5) is 2.55. The zero-order valence-electron chi connectivity index (χ0n) is 15.2. The molecule has 1 aliphatic rings. The van der Waals surface area contributed by atoms with Crippen molar-refractivity contribution >= 4 is 0 Å². The van der Waals surface area contributed by atoms with E-state index in [4.69, 9.17) is 9.47 Å². The number of benzene rings is 2. The highest BCUT2D eigenvalue weighted by molar-refractivity contribution is 5.44. The Morgan fingerprint density at radius 3 is 2.48 bits per heavy atom. The van der Waals surface area contributed by atoms with Crippen LogP contribution in [0.1, 0.15) is 30.5 Å². The smallest absolute Gasteiger partial charge is 0.161 e. The molecule has 0 bridgehead atoms. The summed E-state index contributed by atoms with van der Waals surface area (Å²) in [5, 5.41) is 3.43. The van der Waals surface area contributed by atoms with Crippen molar-refractivity contribution in [1.29, 1.82) is 0 Å². The quantitative estimate of drug-likeness (QED) is 0.834. The minimum absolute atomic E-state index is 0.423. The van der Waals surface area contributed by atoms with Crippen LogP contribution in [0.5, 0.6) is 11.5 Å². The van der Waals surface area contributed by atoms with Crippen molar-refractivity contribution in [2.45, 2.75) is 26.0 Å². The molecule has 2 aromatic rings. The van der Waals surface area contributed by atoms with Crippen molar-refractivity contribution in [3.05, 3.63) is 59.7 Å². The first-order valence-corrected chi connectivity index (χ1v) is 9.11. The molecule has 4 heteroatoms. The van der Waals surface area contributed by atoms with Gasteiger partial charge in [0.25, 0.3) is 0 Å². The minimum Gasteiger partial charge on any atom is -0.493 e. The average Bonchev–Trinajstić information content (AvgIpc) is 2.69. The second kappa shape index (κ2) is 8.88. The summed E-state index contributed by atoms with van der Waals surface area (Å²) in [6.07, 6.45) is 1.09. The van der Waals surface area contributed by atoms with Crippen LogP contribution in [0.15, 0.2) is 48.5 Å². The Labute approximate surface area is 150 Å². The summed E-state index contributed by atoms with van der Waals surface area (Å²) >= 11 is 0. The topological polar surface area (TPSA) is 33.7 Å². The van der Waals surface area contributed by atoms with Crippen molar-refractivity contribution in [1.82, 2.24) is 10.2 Å². The van der Waals surface area contributed by atoms with E-state index in [9.17, 15) is 0 Å². The van der Waals surface area contributed by atoms with E-state index < -0.39 is 0 Å². The van der Waals surface area contributed by atoms with Crippen LogP contribution < -0.4 is 14.8 Å². The number of methoxy groups -OCH3 is 1. The number of piperazine rings is 1. The summed E-state index contributed by atoms with van der Waals surface area (Å²) in [5.41, 5.74) is 2.46. The Hall–Kier alpha value is -2.04. The Morgan fingerprint density at radius 1 is 1.04 bits per heavy atom. The third-order valence-corrected chi connectivity index (χ3v) is 4.79. The standard InChI is InChI=1S/C21H28N2O2/c1-3-19(23-13-11-22-12-14-23)18-9-10-20(24-2)21(15-18)25-16-17-7-5-4-6-8-17/h4-10,15,19,22H,3,11-14,16H2,1-2H3/t19-/m1/s1. The van der Waals surface area contributed by atoms with E-state index in [1.54, 1.807) is 7.11 Å². The van der Waals surface area contributed by atoms with Crippen molar-refractivity contribution in [3.8, 4) is 11.5 Å². The Morgan fingerprint density at radius 2 is 1.80 bits per heavy atom. The molecule has 1 aliphatic heterocycles. The second-order valence-corrected chi connectivity index (χ2v) is 6.39. The van der Waals surface area contributed by atoms with Crippen LogP contribution in [0.4, 0.5) is 0 Å². The summed E-state index contributed by atoms with van der Waals surface area (Å²) in [5.74, 6) is 1.60. The van der Waals surface area contributed by atoms with Gasteiger partial charge < -0.3 is 14.8 Å². The van der Waals surface area contributed by atoms with Crippen molar-refractivity contribution < 1.29 is 9.47 Å². The number of hydrogen-bond acceptors (Lipinski definition) is 4. The molecule has 4 nitrogen and oxygen atoms in total. The maximum Gasteiger partial charge on any atom is 0.161 e. The van der Waals surface area contributed by atoms with Gasteiger partial charge in [-0.25, -0.2) is 0 Å². The van der Waals surface area contributed by atoms with Crippen LogP contribution in [0.2, 0.25) is 0 Å². The molecule has 0 aliphatic carbocycles. The third kappa shape index (κ3) is 4.53. The van der Waals surface area contributed by atoms with Gasteiger partial charge in [-0.15, -0.1) is 0 Å². The molecule has 0 spiro atoms. The monoisotopic (exact) mass is 340 g/mol. The summed E-state index contributed by atoms with van der Waals surface area (Å²) < 4.78 is 11.6. The lowest BCUT2D eigenvalue weighted by Gasteiger charge is -2.35. The number of rotatable bonds is 7. The Kier molecular flexibility index (Phi) is 6.31. The summed E-state index contributed by atoms with van der Waals surface area (Å²) in [7, 11) is 1.69. The zero-order chi connectivity index (χ0) is 17.5. The van der Waals surface area contributed by atoms with Crippen molar-refractivity contribution in [2.24, 2.45) is 0 Å². The lowest BCUT2D eigenvalue weighted by atomic mass is 10.0. The largest absolute Gasteiger partial charge is 0.493 e. The van der Waals surface area contributed by atoms with Gasteiger partial charge in [0.15, 0.2) is 11.5 Å². The highest BCUT2D eigenvalue weighted by Crippen LogP contribution is 2.34. The van der Waals surface area contributed by atoms with E-state index >= 15 is 0 Å². The number of nitrogens with zero attached hydrogens (tertiary/aromatic N) is 1. The maximum absolute atomic E-state index is 6.08. The van der Waals surface area contributed by atoms with Gasteiger partial charge in [-0.1, -0.05) is 43.3 Å². The van der Waals surface area contributed by atoms with E-state index in [-0.39, 0.29) is 0 Å². The van der Waals surface area contributed by atoms with Gasteiger partial charge in [-0.05, 0) is 29.7 Å². The molecule has 2 aromatic carbocycles. The minimum atomic E-state index is 0.423. The molecule has 1 atom stereocenters. The number of ether oxygens (including phenoxy) is 2. The molecule has 0 radical (unpaired) electrons. The predicted molar refractivity (Wildman–Crippen MR) is 101 cm³/mol. The number of nitrogens with one attached hydrogen (secondary N) is 1. The highest BCUT2D eigenvalue weighted by atomic mass is 16.5. The first kappa shape index (κ1) is 17.8. The fourth-order valence-electron chi connectivity index (χ4n) is 3.45. The van der Waals surface area contributed by atoms with Gasteiger partial charge in [0, 0.05) is 32.2 Å². The molecule has 0 amide bonds. The summed E-state index contributed by atoms with van der Waals surface area (Å²) in [6.45, 7) is 7.09. The molecule has 3 rings (SSSR count). The molecule has 0 saturated carbocycles. The fourth-order valence-corrected chi connectivity index (χ4v) is 3.45. The normalized spacial score (nSPS) is 16.4. The van der Waals surface area contributed by atoms with Crippen LogP contribution in [-0.4, -0.2) is 38.2 Å². The van der Waals surface area contributed by atoms with Gasteiger partial charge in [0.2, 0.25) is 0 Å². The van der Waals surface area contributed by atoms with Gasteiger partial charge in [-0.2, -0.15) is 0 Å². The highest BCUT2D eigenvalue weighted by Gasteiger charge is 2.21. The Balaban J connectivity index is 1.78. The van der Waals surface area contributed by atoms with Gasteiger partial charge in [0.1, 0.15) is 6.61 Å². The van der Waals surface area contributed by atoms with E-state index in [1.807, 2.05) is 24.3 Å². The molecule has 25 heavy (non-hydrogen) atoms. The van der Waals surface area contributed by atoms with Crippen LogP contribution in [0.3, 0.4) is 0 Å². The first-order valence-electron chi connectivity index (χ1n) is 9.11. The SMILES string of the molecule is CC[C@H](c1ccc(OC)c(OCc2ccccc2)c1)N1CCNCC1. The van der Waals surface area contributed by atoms with Gasteiger partial charge in [0.05, 0.1) is 7.11 Å². The molecule has 0 unspecified atom stereocenters. The molecule has 0 aromatic heterocycles. The molecule has 1 fully saturated rings. The molecular weight excluding hydrogens is 312 g/mol. The molecule has 1 heterocycles. The van der Waals surface area contributed by atoms with Crippen LogP contribution in [-0.2, 0) is 6.61 Å². The summed E-state index contributed by atoms with van der Waals surface area (Å²) in [6, 6.07) is 17.0. The van der Waals surface area contributed by atoms with Crippen molar-refractivity contribution in [3.63, 3.8) is 0 Å². The molecular formula is C21H28N2O2. The molecule has 1 saturated heterocycles. The average molecular weight is 340 g/mol. The third-order valence-electron chi connectivity index (χ3n) is 4.79. The van der Waals surface area contributed by atoms with Crippen LogP contribution in [0, 0.1) is 0 Å². The Bertz CT molecular complexity index is 654. The van der Waals surface area contributed by atoms with E-state index in [1.165, 1.54) is 5.56 Å². The van der Waals surface area contributed by atoms with E-state index in [0.717, 1.165) is 49.7 Å². The predicted octanol–water partition coefficient (Wildman–Crippen LogP) is 3.63. The molecule has 134 valence electrons. The van der Waals surface area contributed by atoms with E-state index in [0.29, 0.717) is 12.6 Å². The van der Waals surface area contributed by atoms with Crippen molar-refractivity contribution in [2.75, 3.05) is 33.3 Å². The van der Waals surface area contributed by atoms with Crippen LogP contribution in [0.25, 0.3) is 0 Å². The van der Waals surface area contributed by atoms with E-state index in [2.05, 4.69) is 41.4 Å². The fraction of sp³-hybridized carbons (Fsp3) is 0.429. The zero-order valence-corrected chi connectivity index (χ0v) is 15.2.